The molecule has 0 fully saturated rings. The number of pyridine rings is 1. The minimum absolute atomic E-state index is 0. The van der Waals surface area contributed by atoms with Crippen molar-refractivity contribution >= 4 is 70.1 Å². The number of thiophene rings is 1. The van der Waals surface area contributed by atoms with Gasteiger partial charge in [0.2, 0.25) is 0 Å². The first-order chi connectivity index (χ1) is 17.4. The average molecular weight is 701 g/mol. The largest absolute Gasteiger partial charge is 0.512 e. The molecule has 0 amide bonds. The van der Waals surface area contributed by atoms with E-state index in [0.717, 1.165) is 32.8 Å². The number of fused-ring (bicyclic) bond motifs is 4. The first-order valence-electron chi connectivity index (χ1n) is 12.3. The minimum atomic E-state index is -0.417. The van der Waals surface area contributed by atoms with Crippen LogP contribution in [-0.4, -0.2) is 15.9 Å². The van der Waals surface area contributed by atoms with E-state index in [1.165, 1.54) is 26.2 Å². The first kappa shape index (κ1) is 28.0. The number of rotatable bonds is 1. The van der Waals surface area contributed by atoms with Crippen LogP contribution in [0.1, 0.15) is 41.5 Å². The predicted molar refractivity (Wildman–Crippen MR) is 155 cm³/mol. The molecule has 0 bridgehead atoms. The number of allylic oxidation sites excluding steroid dienone is 2. The number of hydrogen-bond acceptors (Lipinski definition) is 5. The van der Waals surface area contributed by atoms with Crippen LogP contribution in [-0.2, 0) is 24.9 Å². The second-order valence-electron chi connectivity index (χ2n) is 11.3. The standard InChI is InChI=1S/C21H10NOS.C11H20O2.Ir/c1-2-6-13-12(5-1)11-22-20-14-7-3-9-16-18(14)19-15(23-21(13)20)8-4-10-17(19)24-16;1-10(2,3)8(12)7-9(13)11(4,5)6;/h1-6,8-11H;7,12H,1-6H3;/q-1;;/b;8-7-;. The summed E-state index contributed by atoms with van der Waals surface area (Å²) in [5.74, 6) is 0.104. The molecule has 6 heteroatoms. The third kappa shape index (κ3) is 5.13. The summed E-state index contributed by atoms with van der Waals surface area (Å²) in [7, 11) is 0. The molecule has 0 aliphatic rings. The van der Waals surface area contributed by atoms with Crippen molar-refractivity contribution in [2.45, 2.75) is 41.5 Å². The predicted octanol–water partition coefficient (Wildman–Crippen LogP) is 9.39. The van der Waals surface area contributed by atoms with Crippen molar-refractivity contribution in [3.63, 3.8) is 0 Å². The smallest absolute Gasteiger partial charge is 0.164 e. The van der Waals surface area contributed by atoms with Crippen molar-refractivity contribution in [3.05, 3.63) is 78.7 Å². The molecule has 3 aromatic carbocycles. The number of carbonyl (C=O) groups is 1. The third-order valence-electron chi connectivity index (χ3n) is 6.39. The van der Waals surface area contributed by atoms with Crippen molar-refractivity contribution in [1.29, 1.82) is 0 Å². The maximum Gasteiger partial charge on any atom is 0.164 e. The fourth-order valence-electron chi connectivity index (χ4n) is 4.13. The Morgan fingerprint density at radius 1 is 0.947 bits per heavy atom. The maximum atomic E-state index is 11.5. The molecule has 3 aromatic heterocycles. The van der Waals surface area contributed by atoms with Gasteiger partial charge in [-0.05, 0) is 16.8 Å². The molecule has 1 N–H and O–H groups in total. The maximum absolute atomic E-state index is 11.5. The van der Waals surface area contributed by atoms with Crippen LogP contribution in [0.2, 0.25) is 0 Å². The van der Waals surface area contributed by atoms with Crippen LogP contribution in [0.5, 0.6) is 0 Å². The van der Waals surface area contributed by atoms with E-state index in [9.17, 15) is 9.90 Å². The van der Waals surface area contributed by atoms with Gasteiger partial charge in [0.25, 0.3) is 0 Å². The molecule has 0 atom stereocenters. The van der Waals surface area contributed by atoms with E-state index in [0.29, 0.717) is 0 Å². The van der Waals surface area contributed by atoms with E-state index >= 15 is 0 Å². The molecule has 197 valence electrons. The Morgan fingerprint density at radius 2 is 1.66 bits per heavy atom. The summed E-state index contributed by atoms with van der Waals surface area (Å²) in [6.45, 7) is 11.1. The average Bonchev–Trinajstić information content (AvgIpc) is 3.15. The zero-order valence-electron chi connectivity index (χ0n) is 22.3. The van der Waals surface area contributed by atoms with Gasteiger partial charge in [-0.1, -0.05) is 77.3 Å². The number of ketones is 1. The van der Waals surface area contributed by atoms with Gasteiger partial charge >= 0.3 is 0 Å². The first-order valence-corrected chi connectivity index (χ1v) is 13.1. The molecule has 0 aliphatic heterocycles. The summed E-state index contributed by atoms with van der Waals surface area (Å²) in [4.78, 5) is 16.2. The zero-order chi connectivity index (χ0) is 26.5. The topological polar surface area (TPSA) is 63.3 Å². The second-order valence-corrected chi connectivity index (χ2v) is 12.4. The van der Waals surface area contributed by atoms with E-state index in [4.69, 9.17) is 9.40 Å². The van der Waals surface area contributed by atoms with Crippen LogP contribution in [0.25, 0.3) is 53.0 Å². The summed E-state index contributed by atoms with van der Waals surface area (Å²) in [6.07, 6.45) is 3.25. The molecule has 0 aliphatic carbocycles. The summed E-state index contributed by atoms with van der Waals surface area (Å²) in [6, 6.07) is 22.0. The zero-order valence-corrected chi connectivity index (χ0v) is 25.5. The molecule has 4 nitrogen and oxygen atoms in total. The SMILES string of the molecule is CC(C)(C)C(=O)/C=C(\O)C(C)(C)C.[Ir].[c-]1ccc2sc3cccc4oc5c6ccccc6cnc5c1c2c43. The summed E-state index contributed by atoms with van der Waals surface area (Å²) in [5, 5.41) is 15.1. The van der Waals surface area contributed by atoms with Crippen molar-refractivity contribution in [2.75, 3.05) is 0 Å². The summed E-state index contributed by atoms with van der Waals surface area (Å²) < 4.78 is 8.90. The van der Waals surface area contributed by atoms with Crippen molar-refractivity contribution in [3.8, 4) is 0 Å². The number of aromatic nitrogens is 1. The Bertz CT molecular complexity index is 1830. The number of aliphatic hydroxyl groups is 1. The Balaban J connectivity index is 0.000000209. The number of nitrogens with zero attached hydrogens (tertiary/aromatic N) is 1. The fourth-order valence-corrected chi connectivity index (χ4v) is 5.26. The fraction of sp³-hybridized carbons (Fsp3) is 0.250. The molecular weight excluding hydrogens is 671 g/mol. The van der Waals surface area contributed by atoms with E-state index in [1.54, 1.807) is 11.3 Å². The molecule has 0 unspecified atom stereocenters. The van der Waals surface area contributed by atoms with E-state index in [2.05, 4.69) is 36.4 Å². The minimum Gasteiger partial charge on any atom is -0.512 e. The van der Waals surface area contributed by atoms with Crippen molar-refractivity contribution < 1.29 is 34.4 Å². The van der Waals surface area contributed by atoms with Gasteiger partial charge in [-0.15, -0.1) is 23.6 Å². The van der Waals surface area contributed by atoms with Gasteiger partial charge in [0.1, 0.15) is 16.9 Å². The second kappa shape index (κ2) is 10.3. The molecule has 38 heavy (non-hydrogen) atoms. The van der Waals surface area contributed by atoms with Gasteiger partial charge in [0, 0.05) is 69.6 Å². The Kier molecular flexibility index (Phi) is 7.55. The van der Waals surface area contributed by atoms with Gasteiger partial charge in [-0.2, -0.15) is 11.3 Å². The number of hydrogen-bond donors (Lipinski definition) is 1. The van der Waals surface area contributed by atoms with Crippen LogP contribution < -0.4 is 0 Å². The molecular formula is C32H30IrNO3S-. The van der Waals surface area contributed by atoms with E-state index < -0.39 is 5.41 Å². The van der Waals surface area contributed by atoms with Crippen molar-refractivity contribution in [2.24, 2.45) is 10.8 Å². The normalized spacial score (nSPS) is 12.6. The van der Waals surface area contributed by atoms with Gasteiger partial charge < -0.3 is 14.5 Å². The van der Waals surface area contributed by atoms with Crippen LogP contribution in [0.3, 0.4) is 0 Å². The van der Waals surface area contributed by atoms with Crippen molar-refractivity contribution in [1.82, 2.24) is 4.98 Å². The van der Waals surface area contributed by atoms with E-state index in [-0.39, 0.29) is 37.1 Å². The number of carbonyl (C=O) groups excluding carboxylic acids is 1. The van der Waals surface area contributed by atoms with Crippen LogP contribution in [0.15, 0.2) is 77.0 Å². The summed E-state index contributed by atoms with van der Waals surface area (Å²) in [5.41, 5.74) is 1.83. The van der Waals surface area contributed by atoms with Gasteiger partial charge in [0.05, 0.1) is 0 Å². The van der Waals surface area contributed by atoms with Crippen LogP contribution >= 0.6 is 11.3 Å². The van der Waals surface area contributed by atoms with Crippen LogP contribution in [0.4, 0.5) is 0 Å². The molecule has 6 aromatic rings. The monoisotopic (exact) mass is 701 g/mol. The molecule has 0 saturated heterocycles. The summed E-state index contributed by atoms with van der Waals surface area (Å²) >= 11 is 1.79. The molecule has 1 radical (unpaired) electrons. The van der Waals surface area contributed by atoms with Gasteiger partial charge in [-0.3, -0.25) is 4.79 Å². The number of benzene rings is 3. The van der Waals surface area contributed by atoms with Crippen LogP contribution in [0, 0.1) is 16.9 Å². The molecule has 3 heterocycles. The van der Waals surface area contributed by atoms with Gasteiger partial charge in [0.15, 0.2) is 5.78 Å². The Labute approximate surface area is 239 Å². The Morgan fingerprint density at radius 3 is 2.37 bits per heavy atom. The quantitative estimate of drug-likeness (QED) is 0.106. The molecule has 6 rings (SSSR count). The van der Waals surface area contributed by atoms with E-state index in [1.807, 2.05) is 72.0 Å². The third-order valence-corrected chi connectivity index (χ3v) is 7.51. The number of aliphatic hydroxyl groups excluding tert-OH is 1. The molecule has 0 saturated carbocycles. The molecule has 0 spiro atoms. The van der Waals surface area contributed by atoms with Gasteiger partial charge in [-0.25, -0.2) is 0 Å². The Hall–Kier alpha value is -3.05.